The first-order valence-corrected chi connectivity index (χ1v) is 5.30. The minimum Gasteiger partial charge on any atom is -0.481 e. The van der Waals surface area contributed by atoms with Crippen LogP contribution in [0.2, 0.25) is 0 Å². The summed E-state index contributed by atoms with van der Waals surface area (Å²) in [5.41, 5.74) is 1.07. The SMILES string of the molecule is CCCC=Cc1ccc(F)c(CC(=O)O)c1. The molecule has 3 heteroatoms. The fourth-order valence-corrected chi connectivity index (χ4v) is 1.38. The lowest BCUT2D eigenvalue weighted by molar-refractivity contribution is -0.136. The van der Waals surface area contributed by atoms with Crippen molar-refractivity contribution in [2.45, 2.75) is 26.2 Å². The third-order valence-electron chi connectivity index (χ3n) is 2.18. The molecule has 1 aromatic rings. The smallest absolute Gasteiger partial charge is 0.307 e. The Morgan fingerprint density at radius 2 is 2.25 bits per heavy atom. The van der Waals surface area contributed by atoms with Crippen LogP contribution in [0.4, 0.5) is 4.39 Å². The van der Waals surface area contributed by atoms with E-state index < -0.39 is 11.8 Å². The maximum atomic E-state index is 13.2. The Morgan fingerprint density at radius 3 is 2.88 bits per heavy atom. The van der Waals surface area contributed by atoms with Gasteiger partial charge in [0.05, 0.1) is 6.42 Å². The summed E-state index contributed by atoms with van der Waals surface area (Å²) < 4.78 is 13.2. The van der Waals surface area contributed by atoms with E-state index >= 15 is 0 Å². The van der Waals surface area contributed by atoms with Gasteiger partial charge in [0.2, 0.25) is 0 Å². The fourth-order valence-electron chi connectivity index (χ4n) is 1.38. The molecule has 0 atom stereocenters. The quantitative estimate of drug-likeness (QED) is 0.830. The summed E-state index contributed by atoms with van der Waals surface area (Å²) in [5.74, 6) is -1.48. The summed E-state index contributed by atoms with van der Waals surface area (Å²) in [7, 11) is 0. The van der Waals surface area contributed by atoms with Crippen LogP contribution in [0.5, 0.6) is 0 Å². The molecule has 0 bridgehead atoms. The lowest BCUT2D eigenvalue weighted by Crippen LogP contribution is -2.02. The lowest BCUT2D eigenvalue weighted by Gasteiger charge is -2.01. The maximum absolute atomic E-state index is 13.2. The predicted molar refractivity (Wildman–Crippen MR) is 61.7 cm³/mol. The second kappa shape index (κ2) is 6.05. The zero-order valence-corrected chi connectivity index (χ0v) is 9.24. The molecule has 86 valence electrons. The molecule has 0 unspecified atom stereocenters. The van der Waals surface area contributed by atoms with Gasteiger partial charge in [-0.05, 0) is 29.7 Å². The molecule has 1 rings (SSSR count). The number of rotatable bonds is 5. The Labute approximate surface area is 94.4 Å². The van der Waals surface area contributed by atoms with Crippen LogP contribution in [0.3, 0.4) is 0 Å². The number of unbranched alkanes of at least 4 members (excludes halogenated alkanes) is 1. The summed E-state index contributed by atoms with van der Waals surface area (Å²) in [4.78, 5) is 10.5. The minimum absolute atomic E-state index is 0.228. The van der Waals surface area contributed by atoms with Crippen LogP contribution in [0.1, 0.15) is 30.9 Å². The van der Waals surface area contributed by atoms with E-state index in [0.717, 1.165) is 18.4 Å². The van der Waals surface area contributed by atoms with Gasteiger partial charge in [-0.15, -0.1) is 0 Å². The van der Waals surface area contributed by atoms with E-state index in [2.05, 4.69) is 6.92 Å². The van der Waals surface area contributed by atoms with Gasteiger partial charge in [-0.1, -0.05) is 31.6 Å². The van der Waals surface area contributed by atoms with Crippen molar-refractivity contribution in [2.75, 3.05) is 0 Å². The van der Waals surface area contributed by atoms with Crippen LogP contribution in [-0.2, 0) is 11.2 Å². The molecule has 0 spiro atoms. The summed E-state index contributed by atoms with van der Waals surface area (Å²) >= 11 is 0. The third-order valence-corrected chi connectivity index (χ3v) is 2.18. The summed E-state index contributed by atoms with van der Waals surface area (Å²) in [6, 6.07) is 4.53. The van der Waals surface area contributed by atoms with Gasteiger partial charge in [0, 0.05) is 0 Å². The molecule has 0 aliphatic rings. The summed E-state index contributed by atoms with van der Waals surface area (Å²) in [5, 5.41) is 8.61. The normalized spacial score (nSPS) is 10.9. The molecule has 0 heterocycles. The molecule has 0 amide bonds. The van der Waals surface area contributed by atoms with E-state index in [1.54, 1.807) is 12.1 Å². The highest BCUT2D eigenvalue weighted by Crippen LogP contribution is 2.13. The van der Waals surface area contributed by atoms with Crippen molar-refractivity contribution in [3.63, 3.8) is 0 Å². The topological polar surface area (TPSA) is 37.3 Å². The van der Waals surface area contributed by atoms with Gasteiger partial charge >= 0.3 is 5.97 Å². The highest BCUT2D eigenvalue weighted by Gasteiger charge is 2.06. The van der Waals surface area contributed by atoms with Crippen LogP contribution in [0, 0.1) is 5.82 Å². The van der Waals surface area contributed by atoms with Gasteiger partial charge in [-0.25, -0.2) is 4.39 Å². The standard InChI is InChI=1S/C13H15FO2/c1-2-3-4-5-10-6-7-12(14)11(8-10)9-13(15)16/h4-8H,2-3,9H2,1H3,(H,15,16). The Morgan fingerprint density at radius 1 is 1.50 bits per heavy atom. The van der Waals surface area contributed by atoms with E-state index in [4.69, 9.17) is 5.11 Å². The van der Waals surface area contributed by atoms with Crippen molar-refractivity contribution in [3.05, 3.63) is 41.2 Å². The molecule has 16 heavy (non-hydrogen) atoms. The van der Waals surface area contributed by atoms with Gasteiger partial charge in [-0.2, -0.15) is 0 Å². The minimum atomic E-state index is -1.02. The molecule has 2 nitrogen and oxygen atoms in total. The second-order valence-corrected chi connectivity index (χ2v) is 3.61. The average Bonchev–Trinajstić information content (AvgIpc) is 2.22. The molecule has 1 aromatic carbocycles. The lowest BCUT2D eigenvalue weighted by atomic mass is 10.1. The maximum Gasteiger partial charge on any atom is 0.307 e. The first kappa shape index (κ1) is 12.4. The highest BCUT2D eigenvalue weighted by molar-refractivity contribution is 5.70. The van der Waals surface area contributed by atoms with Crippen LogP contribution >= 0.6 is 0 Å². The van der Waals surface area contributed by atoms with Crippen LogP contribution in [0.25, 0.3) is 6.08 Å². The van der Waals surface area contributed by atoms with Crippen molar-refractivity contribution >= 4 is 12.0 Å². The van der Waals surface area contributed by atoms with Gasteiger partial charge < -0.3 is 5.11 Å². The van der Waals surface area contributed by atoms with E-state index in [9.17, 15) is 9.18 Å². The molecule has 0 aliphatic carbocycles. The third kappa shape index (κ3) is 3.85. The molecule has 0 fully saturated rings. The molecule has 0 aromatic heterocycles. The molecule has 0 saturated carbocycles. The van der Waals surface area contributed by atoms with E-state index in [-0.39, 0.29) is 12.0 Å². The highest BCUT2D eigenvalue weighted by atomic mass is 19.1. The largest absolute Gasteiger partial charge is 0.481 e. The first-order valence-electron chi connectivity index (χ1n) is 5.30. The number of carboxylic acids is 1. The molecule has 0 saturated heterocycles. The van der Waals surface area contributed by atoms with Crippen LogP contribution in [0.15, 0.2) is 24.3 Å². The monoisotopic (exact) mass is 222 g/mol. The predicted octanol–water partition coefficient (Wildman–Crippen LogP) is 3.27. The zero-order chi connectivity index (χ0) is 12.0. The van der Waals surface area contributed by atoms with E-state index in [1.807, 2.05) is 12.2 Å². The van der Waals surface area contributed by atoms with E-state index in [1.165, 1.54) is 6.07 Å². The molecular weight excluding hydrogens is 207 g/mol. The Balaban J connectivity index is 2.84. The number of hydrogen-bond acceptors (Lipinski definition) is 1. The number of carbonyl (C=O) groups is 1. The number of allylic oxidation sites excluding steroid dienone is 1. The van der Waals surface area contributed by atoms with Gasteiger partial charge in [0.15, 0.2) is 0 Å². The van der Waals surface area contributed by atoms with Gasteiger partial charge in [0.1, 0.15) is 5.82 Å². The average molecular weight is 222 g/mol. The summed E-state index contributed by atoms with van der Waals surface area (Å²) in [6.45, 7) is 2.07. The van der Waals surface area contributed by atoms with Crippen molar-refractivity contribution < 1.29 is 14.3 Å². The van der Waals surface area contributed by atoms with Crippen LogP contribution < -0.4 is 0 Å². The Bertz CT molecular complexity index is 397. The summed E-state index contributed by atoms with van der Waals surface area (Å²) in [6.07, 6.45) is 5.62. The number of carboxylic acid groups (broad SMARTS) is 1. The van der Waals surface area contributed by atoms with Crippen molar-refractivity contribution in [2.24, 2.45) is 0 Å². The van der Waals surface area contributed by atoms with Crippen molar-refractivity contribution in [3.8, 4) is 0 Å². The second-order valence-electron chi connectivity index (χ2n) is 3.61. The van der Waals surface area contributed by atoms with Crippen molar-refractivity contribution in [1.29, 1.82) is 0 Å². The molecule has 0 aliphatic heterocycles. The molecular formula is C13H15FO2. The molecule has 0 radical (unpaired) electrons. The number of halogens is 1. The molecule has 1 N–H and O–H groups in total. The zero-order valence-electron chi connectivity index (χ0n) is 9.24. The Kier molecular flexibility index (Phi) is 4.70. The van der Waals surface area contributed by atoms with Gasteiger partial charge in [-0.3, -0.25) is 4.79 Å². The fraction of sp³-hybridized carbons (Fsp3) is 0.308. The number of hydrogen-bond donors (Lipinski definition) is 1. The van der Waals surface area contributed by atoms with Crippen LogP contribution in [-0.4, -0.2) is 11.1 Å². The van der Waals surface area contributed by atoms with Gasteiger partial charge in [0.25, 0.3) is 0 Å². The number of aliphatic carboxylic acids is 1. The van der Waals surface area contributed by atoms with E-state index in [0.29, 0.717) is 0 Å². The number of benzene rings is 1. The first-order chi connectivity index (χ1) is 7.63. The Hall–Kier alpha value is -1.64. The van der Waals surface area contributed by atoms with Crippen molar-refractivity contribution in [1.82, 2.24) is 0 Å².